The monoisotopic (exact) mass is 506 g/mol. The second kappa shape index (κ2) is 13.9. The fourth-order valence-electron chi connectivity index (χ4n) is 4.61. The minimum Gasteiger partial charge on any atom is -0.466 e. The van der Waals surface area contributed by atoms with Crippen LogP contribution in [0.3, 0.4) is 0 Å². The van der Waals surface area contributed by atoms with Gasteiger partial charge in [-0.3, -0.25) is 14.4 Å². The predicted molar refractivity (Wildman–Crippen MR) is 132 cm³/mol. The Labute approximate surface area is 212 Å². The molecule has 2 atom stereocenters. The minimum atomic E-state index is -1.04. The van der Waals surface area contributed by atoms with Crippen molar-refractivity contribution in [1.82, 2.24) is 10.6 Å². The summed E-state index contributed by atoms with van der Waals surface area (Å²) in [5.41, 5.74) is 0.177. The number of carbonyl (C=O) groups is 4. The molecule has 2 amide bonds. The van der Waals surface area contributed by atoms with Crippen LogP contribution in [0.5, 0.6) is 0 Å². The summed E-state index contributed by atoms with van der Waals surface area (Å²) in [4.78, 5) is 51.0. The molecule has 1 aromatic carbocycles. The zero-order chi connectivity index (χ0) is 26.7. The van der Waals surface area contributed by atoms with Gasteiger partial charge in [0.1, 0.15) is 17.9 Å². The van der Waals surface area contributed by atoms with Gasteiger partial charge in [0.2, 0.25) is 11.8 Å². The summed E-state index contributed by atoms with van der Waals surface area (Å²) in [5.74, 6) is -2.45. The van der Waals surface area contributed by atoms with Crippen molar-refractivity contribution in [1.29, 1.82) is 0 Å². The SMILES string of the molecule is CCOC(=O)CC[C@@H](NC(=O)[C@@H](NC(=O)C1(Cc2ccc(F)cc2)CCCC1)C(C)C)C(=O)OCC. The van der Waals surface area contributed by atoms with Crippen LogP contribution in [-0.2, 0) is 35.1 Å². The van der Waals surface area contributed by atoms with E-state index in [0.29, 0.717) is 19.3 Å². The van der Waals surface area contributed by atoms with Crippen LogP contribution in [0.4, 0.5) is 4.39 Å². The van der Waals surface area contributed by atoms with Crippen LogP contribution in [0.2, 0.25) is 0 Å². The first-order valence-corrected chi connectivity index (χ1v) is 12.8. The summed E-state index contributed by atoms with van der Waals surface area (Å²) in [7, 11) is 0. The van der Waals surface area contributed by atoms with Crippen LogP contribution in [0.1, 0.15) is 71.8 Å². The topological polar surface area (TPSA) is 111 Å². The molecule has 0 unspecified atom stereocenters. The van der Waals surface area contributed by atoms with Gasteiger partial charge in [-0.2, -0.15) is 0 Å². The van der Waals surface area contributed by atoms with E-state index in [9.17, 15) is 23.6 Å². The van der Waals surface area contributed by atoms with Gasteiger partial charge in [-0.1, -0.05) is 38.8 Å². The molecule has 1 saturated carbocycles. The van der Waals surface area contributed by atoms with E-state index in [2.05, 4.69) is 10.6 Å². The number of hydrogen-bond donors (Lipinski definition) is 2. The fraction of sp³-hybridized carbons (Fsp3) is 0.630. The molecule has 2 rings (SSSR count). The van der Waals surface area contributed by atoms with Gasteiger partial charge >= 0.3 is 11.9 Å². The normalized spacial score (nSPS) is 16.2. The summed E-state index contributed by atoms with van der Waals surface area (Å²) in [5, 5.41) is 5.59. The molecular formula is C27H39FN2O6. The molecule has 1 fully saturated rings. The molecule has 0 aliphatic heterocycles. The quantitative estimate of drug-likeness (QED) is 0.397. The lowest BCUT2D eigenvalue weighted by Crippen LogP contribution is -2.56. The highest BCUT2D eigenvalue weighted by molar-refractivity contribution is 5.92. The molecule has 2 N–H and O–H groups in total. The molecule has 1 aromatic rings. The lowest BCUT2D eigenvalue weighted by Gasteiger charge is -2.32. The summed E-state index contributed by atoms with van der Waals surface area (Å²) in [6.45, 7) is 7.30. The Morgan fingerprint density at radius 1 is 0.972 bits per heavy atom. The fourth-order valence-corrected chi connectivity index (χ4v) is 4.61. The number of nitrogens with one attached hydrogen (secondary N) is 2. The van der Waals surface area contributed by atoms with Gasteiger partial charge < -0.3 is 20.1 Å². The molecule has 1 aliphatic carbocycles. The molecule has 1 aliphatic rings. The molecule has 200 valence electrons. The Kier molecular flexibility index (Phi) is 11.3. The Hall–Kier alpha value is -2.97. The van der Waals surface area contributed by atoms with Crippen molar-refractivity contribution in [3.63, 3.8) is 0 Å². The first kappa shape index (κ1) is 29.3. The lowest BCUT2D eigenvalue weighted by atomic mass is 9.78. The number of esters is 2. The molecule has 8 nitrogen and oxygen atoms in total. The van der Waals surface area contributed by atoms with Crippen LogP contribution in [-0.4, -0.2) is 49.1 Å². The number of halogens is 1. The summed E-state index contributed by atoms with van der Waals surface area (Å²) < 4.78 is 23.4. The van der Waals surface area contributed by atoms with Crippen LogP contribution in [0.25, 0.3) is 0 Å². The molecular weight excluding hydrogens is 467 g/mol. The summed E-state index contributed by atoms with van der Waals surface area (Å²) >= 11 is 0. The molecule has 9 heteroatoms. The zero-order valence-corrected chi connectivity index (χ0v) is 21.7. The van der Waals surface area contributed by atoms with Gasteiger partial charge in [0.25, 0.3) is 0 Å². The Bertz CT molecular complexity index is 896. The molecule has 0 bridgehead atoms. The second-order valence-corrected chi connectivity index (χ2v) is 9.64. The molecule has 0 spiro atoms. The minimum absolute atomic E-state index is 0.0245. The lowest BCUT2D eigenvalue weighted by molar-refractivity contribution is -0.149. The first-order valence-electron chi connectivity index (χ1n) is 12.8. The summed E-state index contributed by atoms with van der Waals surface area (Å²) in [6.07, 6.45) is 3.56. The Morgan fingerprint density at radius 2 is 1.58 bits per heavy atom. The molecule has 36 heavy (non-hydrogen) atoms. The van der Waals surface area contributed by atoms with Gasteiger partial charge in [0.15, 0.2) is 0 Å². The highest BCUT2D eigenvalue weighted by Crippen LogP contribution is 2.41. The standard InChI is InChI=1S/C27H39FN2O6/c1-5-35-22(31)14-13-21(25(33)36-6-2)29-24(32)23(18(3)4)30-26(34)27(15-7-8-16-27)17-19-9-11-20(28)12-10-19/h9-12,18,21,23H,5-8,13-17H2,1-4H3,(H,29,32)(H,30,34)/t21-,23+/m1/s1. The predicted octanol–water partition coefficient (Wildman–Crippen LogP) is 3.46. The third kappa shape index (κ3) is 8.31. The van der Waals surface area contributed by atoms with Gasteiger partial charge in [-0.05, 0) is 63.1 Å². The van der Waals surface area contributed by atoms with E-state index >= 15 is 0 Å². The number of amides is 2. The maximum Gasteiger partial charge on any atom is 0.328 e. The average Bonchev–Trinajstić information content (AvgIpc) is 3.31. The van der Waals surface area contributed by atoms with Crippen molar-refractivity contribution in [2.24, 2.45) is 11.3 Å². The number of ether oxygens (including phenoxy) is 2. The van der Waals surface area contributed by atoms with Crippen molar-refractivity contribution in [2.45, 2.75) is 84.7 Å². The number of hydrogen-bond acceptors (Lipinski definition) is 6. The number of benzene rings is 1. The highest BCUT2D eigenvalue weighted by atomic mass is 19.1. The van der Waals surface area contributed by atoms with Gasteiger partial charge in [0.05, 0.1) is 18.6 Å². The van der Waals surface area contributed by atoms with Crippen molar-refractivity contribution in [3.8, 4) is 0 Å². The van der Waals surface area contributed by atoms with Crippen molar-refractivity contribution >= 4 is 23.8 Å². The third-order valence-electron chi connectivity index (χ3n) is 6.56. The maximum atomic E-state index is 13.5. The van der Waals surface area contributed by atoms with Crippen molar-refractivity contribution in [3.05, 3.63) is 35.6 Å². The molecule has 0 radical (unpaired) electrons. The number of carbonyl (C=O) groups excluding carboxylic acids is 4. The molecule has 0 aromatic heterocycles. The molecule has 0 saturated heterocycles. The van der Waals surface area contributed by atoms with E-state index in [1.165, 1.54) is 12.1 Å². The van der Waals surface area contributed by atoms with Crippen LogP contribution in [0, 0.1) is 17.2 Å². The maximum absolute atomic E-state index is 13.5. The summed E-state index contributed by atoms with van der Waals surface area (Å²) in [6, 6.07) is 4.20. The first-order chi connectivity index (χ1) is 17.1. The van der Waals surface area contributed by atoms with E-state index in [1.54, 1.807) is 26.0 Å². The average molecular weight is 507 g/mol. The van der Waals surface area contributed by atoms with E-state index in [0.717, 1.165) is 18.4 Å². The zero-order valence-electron chi connectivity index (χ0n) is 21.7. The van der Waals surface area contributed by atoms with E-state index < -0.39 is 35.3 Å². The third-order valence-corrected chi connectivity index (χ3v) is 6.56. The van der Waals surface area contributed by atoms with Crippen molar-refractivity contribution in [2.75, 3.05) is 13.2 Å². The van der Waals surface area contributed by atoms with E-state index in [1.807, 2.05) is 13.8 Å². The largest absolute Gasteiger partial charge is 0.466 e. The van der Waals surface area contributed by atoms with Crippen LogP contribution < -0.4 is 10.6 Å². The number of rotatable bonds is 13. The highest BCUT2D eigenvalue weighted by Gasteiger charge is 2.43. The smallest absolute Gasteiger partial charge is 0.328 e. The van der Waals surface area contributed by atoms with Gasteiger partial charge in [-0.25, -0.2) is 9.18 Å². The van der Waals surface area contributed by atoms with Gasteiger partial charge in [0, 0.05) is 6.42 Å². The van der Waals surface area contributed by atoms with Crippen molar-refractivity contribution < 1.29 is 33.0 Å². The Morgan fingerprint density at radius 3 is 2.14 bits per heavy atom. The second-order valence-electron chi connectivity index (χ2n) is 9.64. The van der Waals surface area contributed by atoms with Crippen LogP contribution in [0.15, 0.2) is 24.3 Å². The van der Waals surface area contributed by atoms with Gasteiger partial charge in [-0.15, -0.1) is 0 Å². The Balaban J connectivity index is 2.14. The van der Waals surface area contributed by atoms with E-state index in [4.69, 9.17) is 9.47 Å². The van der Waals surface area contributed by atoms with Crippen LogP contribution >= 0.6 is 0 Å². The molecule has 0 heterocycles. The van der Waals surface area contributed by atoms with E-state index in [-0.39, 0.29) is 43.7 Å².